The Bertz CT molecular complexity index is 468. The average Bonchev–Trinajstić information content (AvgIpc) is 2.29. The van der Waals surface area contributed by atoms with E-state index in [2.05, 4.69) is 6.58 Å². The minimum Gasteiger partial charge on any atom is -0.447 e. The zero-order chi connectivity index (χ0) is 13.8. The molecule has 1 atom stereocenters. The van der Waals surface area contributed by atoms with E-state index in [1.807, 2.05) is 57.2 Å². The van der Waals surface area contributed by atoms with Crippen molar-refractivity contribution in [1.82, 2.24) is 0 Å². The van der Waals surface area contributed by atoms with E-state index in [1.165, 1.54) is 5.56 Å². The molecule has 2 nitrogen and oxygen atoms in total. The number of allylic oxidation sites excluding steroid dienone is 1. The van der Waals surface area contributed by atoms with Gasteiger partial charge in [-0.15, -0.1) is 0 Å². The van der Waals surface area contributed by atoms with E-state index in [9.17, 15) is 4.79 Å². The molecule has 0 spiro atoms. The van der Waals surface area contributed by atoms with Crippen LogP contribution in [0.15, 0.2) is 48.6 Å². The first-order chi connectivity index (χ1) is 8.39. The summed E-state index contributed by atoms with van der Waals surface area (Å²) >= 11 is 0. The zero-order valence-corrected chi connectivity index (χ0v) is 11.5. The summed E-state index contributed by atoms with van der Waals surface area (Å²) in [4.78, 5) is 11.7. The molecule has 0 saturated heterocycles. The average molecular weight is 244 g/mol. The normalized spacial score (nSPS) is 14.2. The highest BCUT2D eigenvalue weighted by Crippen LogP contribution is 2.28. The fraction of sp³-hybridized carbons (Fsp3) is 0.312. The minimum absolute atomic E-state index is 0.379. The van der Waals surface area contributed by atoms with Gasteiger partial charge in [0.1, 0.15) is 0 Å². The van der Waals surface area contributed by atoms with Crippen LogP contribution in [0.2, 0.25) is 0 Å². The van der Waals surface area contributed by atoms with Gasteiger partial charge in [-0.1, -0.05) is 42.5 Å². The lowest BCUT2D eigenvalue weighted by Gasteiger charge is -2.27. The molecule has 1 aromatic carbocycles. The van der Waals surface area contributed by atoms with Crippen molar-refractivity contribution in [2.24, 2.45) is 0 Å². The number of ether oxygens (including phenoxy) is 1. The monoisotopic (exact) mass is 244 g/mol. The van der Waals surface area contributed by atoms with Crippen LogP contribution in [-0.2, 0) is 15.1 Å². The second kappa shape index (κ2) is 5.67. The van der Waals surface area contributed by atoms with E-state index < -0.39 is 5.60 Å². The number of benzene rings is 1. The molecule has 0 bridgehead atoms. The number of rotatable bonds is 4. The summed E-state index contributed by atoms with van der Waals surface area (Å²) in [5.41, 5.74) is 1.77. The van der Waals surface area contributed by atoms with Gasteiger partial charge in [-0.3, -0.25) is 0 Å². The van der Waals surface area contributed by atoms with E-state index in [4.69, 9.17) is 4.74 Å². The maximum Gasteiger partial charge on any atom is 0.334 e. The highest BCUT2D eigenvalue weighted by Gasteiger charge is 2.28. The fourth-order valence-corrected chi connectivity index (χ4v) is 1.67. The topological polar surface area (TPSA) is 26.3 Å². The second-order valence-electron chi connectivity index (χ2n) is 4.64. The Kier molecular flexibility index (Phi) is 4.49. The molecule has 0 N–H and O–H groups in total. The molecule has 1 aromatic rings. The quantitative estimate of drug-likeness (QED) is 0.456. The Morgan fingerprint density at radius 1 is 1.33 bits per heavy atom. The van der Waals surface area contributed by atoms with Crippen LogP contribution < -0.4 is 0 Å². The highest BCUT2D eigenvalue weighted by molar-refractivity contribution is 5.87. The van der Waals surface area contributed by atoms with Crippen LogP contribution >= 0.6 is 0 Å². The first-order valence-electron chi connectivity index (χ1n) is 5.99. The van der Waals surface area contributed by atoms with Crippen molar-refractivity contribution in [3.05, 3.63) is 59.7 Å². The number of aryl methyl sites for hydroxylation is 1. The van der Waals surface area contributed by atoms with E-state index in [-0.39, 0.29) is 5.97 Å². The summed E-state index contributed by atoms with van der Waals surface area (Å²) in [6.45, 7) is 11.1. The lowest BCUT2D eigenvalue weighted by atomic mass is 9.94. The van der Waals surface area contributed by atoms with Crippen molar-refractivity contribution in [2.45, 2.75) is 33.3 Å². The van der Waals surface area contributed by atoms with Crippen molar-refractivity contribution in [1.29, 1.82) is 0 Å². The fourth-order valence-electron chi connectivity index (χ4n) is 1.67. The third-order valence-electron chi connectivity index (χ3n) is 2.76. The van der Waals surface area contributed by atoms with Crippen molar-refractivity contribution in [3.63, 3.8) is 0 Å². The zero-order valence-electron chi connectivity index (χ0n) is 11.5. The second-order valence-corrected chi connectivity index (χ2v) is 4.64. The van der Waals surface area contributed by atoms with Crippen LogP contribution in [0.3, 0.4) is 0 Å². The van der Waals surface area contributed by atoms with Crippen molar-refractivity contribution in [2.75, 3.05) is 0 Å². The van der Waals surface area contributed by atoms with Crippen LogP contribution in [0, 0.1) is 6.92 Å². The van der Waals surface area contributed by atoms with E-state index in [0.29, 0.717) is 5.57 Å². The summed E-state index contributed by atoms with van der Waals surface area (Å²) in [7, 11) is 0. The van der Waals surface area contributed by atoms with Gasteiger partial charge in [0.2, 0.25) is 0 Å². The number of carbonyl (C=O) groups excluding carboxylic acids is 1. The summed E-state index contributed by atoms with van der Waals surface area (Å²) in [6, 6.07) is 7.96. The van der Waals surface area contributed by atoms with Gasteiger partial charge in [0.25, 0.3) is 0 Å². The predicted octanol–water partition coefficient (Wildman–Crippen LogP) is 3.91. The Labute approximate surface area is 109 Å². The molecular formula is C16H20O2. The lowest BCUT2D eigenvalue weighted by molar-refractivity contribution is -0.149. The van der Waals surface area contributed by atoms with Crippen molar-refractivity contribution >= 4 is 5.97 Å². The standard InChI is InChI=1S/C16H20O2/c1-6-11-16(5,18-15(17)12(2)3)14-9-7-13(4)8-10-14/h6-11H,2H2,1,3-5H3/b11-6+. The third-order valence-corrected chi connectivity index (χ3v) is 2.76. The number of hydrogen-bond acceptors (Lipinski definition) is 2. The van der Waals surface area contributed by atoms with Crippen LogP contribution in [0.25, 0.3) is 0 Å². The van der Waals surface area contributed by atoms with Crippen molar-refractivity contribution in [3.8, 4) is 0 Å². The first-order valence-corrected chi connectivity index (χ1v) is 5.99. The molecule has 1 rings (SSSR count). The third kappa shape index (κ3) is 3.33. The molecule has 1 unspecified atom stereocenters. The van der Waals surface area contributed by atoms with Crippen LogP contribution in [0.4, 0.5) is 0 Å². The first kappa shape index (κ1) is 14.2. The Balaban J connectivity index is 3.10. The molecular weight excluding hydrogens is 224 g/mol. The molecule has 0 aliphatic rings. The van der Waals surface area contributed by atoms with Gasteiger partial charge in [-0.2, -0.15) is 0 Å². The molecule has 0 aromatic heterocycles. The van der Waals surface area contributed by atoms with Gasteiger partial charge in [0.05, 0.1) is 0 Å². The molecule has 0 aliphatic carbocycles. The lowest BCUT2D eigenvalue weighted by Crippen LogP contribution is -2.27. The maximum absolute atomic E-state index is 11.7. The molecule has 2 heteroatoms. The Hall–Kier alpha value is -1.83. The van der Waals surface area contributed by atoms with Crippen LogP contribution in [0.1, 0.15) is 31.9 Å². The molecule has 0 fully saturated rings. The number of hydrogen-bond donors (Lipinski definition) is 0. The smallest absolute Gasteiger partial charge is 0.334 e. The molecule has 0 amide bonds. The van der Waals surface area contributed by atoms with Gasteiger partial charge in [-0.05, 0) is 39.3 Å². The predicted molar refractivity (Wildman–Crippen MR) is 74.3 cm³/mol. The molecule has 18 heavy (non-hydrogen) atoms. The van der Waals surface area contributed by atoms with Crippen LogP contribution in [0.5, 0.6) is 0 Å². The summed E-state index contributed by atoms with van der Waals surface area (Å²) in [6.07, 6.45) is 3.75. The SMILES string of the molecule is C=C(C)C(=O)OC(C)(/C=C/C)c1ccc(C)cc1. The van der Waals surface area contributed by atoms with Gasteiger partial charge < -0.3 is 4.74 Å². The summed E-state index contributed by atoms with van der Waals surface area (Å²) in [5.74, 6) is -0.379. The maximum atomic E-state index is 11.7. The Morgan fingerprint density at radius 2 is 1.89 bits per heavy atom. The minimum atomic E-state index is -0.752. The van der Waals surface area contributed by atoms with E-state index in [0.717, 1.165) is 5.56 Å². The largest absolute Gasteiger partial charge is 0.447 e. The molecule has 0 heterocycles. The van der Waals surface area contributed by atoms with Gasteiger partial charge in [0.15, 0.2) is 5.60 Å². The molecule has 0 radical (unpaired) electrons. The summed E-state index contributed by atoms with van der Waals surface area (Å²) < 4.78 is 5.54. The molecule has 0 aliphatic heterocycles. The highest BCUT2D eigenvalue weighted by atomic mass is 16.6. The van der Waals surface area contributed by atoms with E-state index in [1.54, 1.807) is 6.92 Å². The van der Waals surface area contributed by atoms with Gasteiger partial charge in [0, 0.05) is 5.57 Å². The van der Waals surface area contributed by atoms with Crippen molar-refractivity contribution < 1.29 is 9.53 Å². The van der Waals surface area contributed by atoms with E-state index >= 15 is 0 Å². The molecule has 0 saturated carbocycles. The van der Waals surface area contributed by atoms with Crippen LogP contribution in [-0.4, -0.2) is 5.97 Å². The van der Waals surface area contributed by atoms with Gasteiger partial charge >= 0.3 is 5.97 Å². The number of carbonyl (C=O) groups is 1. The van der Waals surface area contributed by atoms with Gasteiger partial charge in [-0.25, -0.2) is 4.79 Å². The number of esters is 1. The Morgan fingerprint density at radius 3 is 2.33 bits per heavy atom. The summed E-state index contributed by atoms with van der Waals surface area (Å²) in [5, 5.41) is 0. The molecule has 96 valence electrons.